The summed E-state index contributed by atoms with van der Waals surface area (Å²) in [4.78, 5) is 7.01. The molecule has 1 atom stereocenters. The van der Waals surface area contributed by atoms with Crippen LogP contribution in [0.25, 0.3) is 0 Å². The molecule has 0 saturated carbocycles. The van der Waals surface area contributed by atoms with Crippen molar-refractivity contribution >= 4 is 5.82 Å². The zero-order valence-corrected chi connectivity index (χ0v) is 12.6. The molecule has 1 aromatic rings. The van der Waals surface area contributed by atoms with Gasteiger partial charge in [-0.15, -0.1) is 0 Å². The van der Waals surface area contributed by atoms with Gasteiger partial charge in [0.25, 0.3) is 0 Å². The van der Waals surface area contributed by atoms with Gasteiger partial charge in [0.1, 0.15) is 5.82 Å². The van der Waals surface area contributed by atoms with E-state index in [-0.39, 0.29) is 0 Å². The van der Waals surface area contributed by atoms with E-state index in [4.69, 9.17) is 0 Å². The van der Waals surface area contributed by atoms with Gasteiger partial charge in [0, 0.05) is 19.3 Å². The minimum atomic E-state index is 0.350. The highest BCUT2D eigenvalue weighted by atomic mass is 15.2. The number of pyridine rings is 1. The van der Waals surface area contributed by atoms with Gasteiger partial charge in [0.2, 0.25) is 0 Å². The summed E-state index contributed by atoms with van der Waals surface area (Å²) < 4.78 is 0. The molecule has 2 rings (SSSR count). The molecule has 2 nitrogen and oxygen atoms in total. The van der Waals surface area contributed by atoms with Gasteiger partial charge in [-0.25, -0.2) is 4.98 Å². The van der Waals surface area contributed by atoms with Gasteiger partial charge < -0.3 is 4.90 Å². The van der Waals surface area contributed by atoms with E-state index in [2.05, 4.69) is 63.6 Å². The maximum Gasteiger partial charge on any atom is 0.128 e. The Labute approximate surface area is 111 Å². The summed E-state index contributed by atoms with van der Waals surface area (Å²) in [7, 11) is 0. The second-order valence-electron chi connectivity index (χ2n) is 7.48. The van der Waals surface area contributed by atoms with Crippen LogP contribution in [-0.2, 0) is 0 Å². The lowest BCUT2D eigenvalue weighted by molar-refractivity contribution is 0.140. The molecule has 1 fully saturated rings. The standard InChI is InChI=1S/C16H26N2/c1-12-7-8-14(17-9-12)18-10-13(15(2,3)4)16(5,6)11-18/h7-9,13H,10-11H2,1-6H3. The molecular formula is C16H26N2. The van der Waals surface area contributed by atoms with Gasteiger partial charge in [-0.2, -0.15) is 0 Å². The van der Waals surface area contributed by atoms with E-state index in [0.29, 0.717) is 16.7 Å². The quantitative estimate of drug-likeness (QED) is 0.747. The predicted molar refractivity (Wildman–Crippen MR) is 77.9 cm³/mol. The molecular weight excluding hydrogens is 220 g/mol. The summed E-state index contributed by atoms with van der Waals surface area (Å²) in [5, 5.41) is 0. The fourth-order valence-electron chi connectivity index (χ4n) is 3.40. The van der Waals surface area contributed by atoms with E-state index in [1.807, 2.05) is 6.20 Å². The smallest absolute Gasteiger partial charge is 0.128 e. The van der Waals surface area contributed by atoms with Gasteiger partial charge in [0.05, 0.1) is 0 Å². The van der Waals surface area contributed by atoms with Gasteiger partial charge >= 0.3 is 0 Å². The lowest BCUT2D eigenvalue weighted by atomic mass is 9.68. The third-order valence-corrected chi connectivity index (χ3v) is 4.21. The minimum Gasteiger partial charge on any atom is -0.356 e. The Morgan fingerprint density at radius 3 is 2.39 bits per heavy atom. The molecule has 2 heterocycles. The number of anilines is 1. The van der Waals surface area contributed by atoms with Crippen molar-refractivity contribution in [2.75, 3.05) is 18.0 Å². The number of hydrogen-bond donors (Lipinski definition) is 0. The zero-order valence-electron chi connectivity index (χ0n) is 12.6. The first-order valence-electron chi connectivity index (χ1n) is 6.88. The molecule has 2 heteroatoms. The average molecular weight is 246 g/mol. The van der Waals surface area contributed by atoms with Crippen LogP contribution in [-0.4, -0.2) is 18.1 Å². The predicted octanol–water partition coefficient (Wildman–Crippen LogP) is 3.90. The average Bonchev–Trinajstić information content (AvgIpc) is 2.55. The fraction of sp³-hybridized carbons (Fsp3) is 0.688. The number of hydrogen-bond acceptors (Lipinski definition) is 2. The zero-order chi connectivity index (χ0) is 13.6. The van der Waals surface area contributed by atoms with Crippen LogP contribution in [0.2, 0.25) is 0 Å². The Hall–Kier alpha value is -1.05. The highest BCUT2D eigenvalue weighted by molar-refractivity contribution is 5.41. The van der Waals surface area contributed by atoms with E-state index < -0.39 is 0 Å². The monoisotopic (exact) mass is 246 g/mol. The van der Waals surface area contributed by atoms with Crippen LogP contribution in [0.4, 0.5) is 5.82 Å². The summed E-state index contributed by atoms with van der Waals surface area (Å²) in [6, 6.07) is 4.30. The number of rotatable bonds is 1. The normalized spacial score (nSPS) is 23.4. The lowest BCUT2D eigenvalue weighted by Crippen LogP contribution is -2.33. The first kappa shape index (κ1) is 13.4. The van der Waals surface area contributed by atoms with Crippen LogP contribution in [0.1, 0.15) is 40.2 Å². The van der Waals surface area contributed by atoms with Crippen molar-refractivity contribution in [2.45, 2.75) is 41.5 Å². The molecule has 1 aromatic heterocycles. The molecule has 1 unspecified atom stereocenters. The van der Waals surface area contributed by atoms with E-state index in [0.717, 1.165) is 18.9 Å². The van der Waals surface area contributed by atoms with E-state index in [1.54, 1.807) is 0 Å². The SMILES string of the molecule is Cc1ccc(N2CC(C(C)(C)C)C(C)(C)C2)nc1. The van der Waals surface area contributed by atoms with Crippen LogP contribution in [0.5, 0.6) is 0 Å². The topological polar surface area (TPSA) is 16.1 Å². The van der Waals surface area contributed by atoms with Crippen LogP contribution in [0, 0.1) is 23.7 Å². The molecule has 0 radical (unpaired) electrons. The molecule has 0 amide bonds. The molecule has 1 saturated heterocycles. The van der Waals surface area contributed by atoms with Crippen molar-refractivity contribution in [3.8, 4) is 0 Å². The van der Waals surface area contributed by atoms with Gasteiger partial charge in [-0.1, -0.05) is 40.7 Å². The Balaban J connectivity index is 2.22. The molecule has 0 N–H and O–H groups in total. The van der Waals surface area contributed by atoms with E-state index in [9.17, 15) is 0 Å². The van der Waals surface area contributed by atoms with E-state index in [1.165, 1.54) is 5.56 Å². The molecule has 18 heavy (non-hydrogen) atoms. The molecule has 1 aliphatic rings. The first-order valence-corrected chi connectivity index (χ1v) is 6.88. The summed E-state index contributed by atoms with van der Waals surface area (Å²) in [6.07, 6.45) is 1.97. The van der Waals surface area contributed by atoms with Crippen molar-refractivity contribution in [1.29, 1.82) is 0 Å². The maximum absolute atomic E-state index is 4.57. The Bertz CT molecular complexity index is 412. The number of nitrogens with zero attached hydrogens (tertiary/aromatic N) is 2. The molecule has 0 bridgehead atoms. The lowest BCUT2D eigenvalue weighted by Gasteiger charge is -2.36. The Kier molecular flexibility index (Phi) is 3.16. The summed E-state index contributed by atoms with van der Waals surface area (Å²) in [5.41, 5.74) is 1.93. The van der Waals surface area contributed by atoms with Crippen molar-refractivity contribution in [2.24, 2.45) is 16.7 Å². The molecule has 0 spiro atoms. The van der Waals surface area contributed by atoms with Gasteiger partial charge in [-0.3, -0.25) is 0 Å². The Morgan fingerprint density at radius 1 is 1.28 bits per heavy atom. The second-order valence-corrected chi connectivity index (χ2v) is 7.48. The molecule has 100 valence electrons. The van der Waals surface area contributed by atoms with Crippen molar-refractivity contribution in [3.63, 3.8) is 0 Å². The van der Waals surface area contributed by atoms with Crippen LogP contribution >= 0.6 is 0 Å². The van der Waals surface area contributed by atoms with Crippen molar-refractivity contribution in [3.05, 3.63) is 23.9 Å². The van der Waals surface area contributed by atoms with E-state index >= 15 is 0 Å². The third-order valence-electron chi connectivity index (χ3n) is 4.21. The second kappa shape index (κ2) is 4.25. The minimum absolute atomic E-state index is 0.350. The molecule has 1 aliphatic heterocycles. The third kappa shape index (κ3) is 2.52. The summed E-state index contributed by atoms with van der Waals surface area (Å²) >= 11 is 0. The fourth-order valence-corrected chi connectivity index (χ4v) is 3.40. The van der Waals surface area contributed by atoms with Crippen LogP contribution in [0.15, 0.2) is 18.3 Å². The summed E-state index contributed by atoms with van der Waals surface area (Å²) in [5.74, 6) is 1.83. The highest BCUT2D eigenvalue weighted by Gasteiger charge is 2.45. The van der Waals surface area contributed by atoms with Crippen molar-refractivity contribution in [1.82, 2.24) is 4.98 Å². The number of aromatic nitrogens is 1. The number of aryl methyl sites for hydroxylation is 1. The van der Waals surface area contributed by atoms with Crippen molar-refractivity contribution < 1.29 is 0 Å². The largest absolute Gasteiger partial charge is 0.356 e. The highest BCUT2D eigenvalue weighted by Crippen LogP contribution is 2.46. The van der Waals surface area contributed by atoms with Crippen LogP contribution < -0.4 is 4.90 Å². The maximum atomic E-state index is 4.57. The van der Waals surface area contributed by atoms with Gasteiger partial charge in [-0.05, 0) is 35.3 Å². The Morgan fingerprint density at radius 2 is 1.94 bits per heavy atom. The van der Waals surface area contributed by atoms with Gasteiger partial charge in [0.15, 0.2) is 0 Å². The molecule has 0 aromatic carbocycles. The molecule has 0 aliphatic carbocycles. The first-order chi connectivity index (χ1) is 8.20. The summed E-state index contributed by atoms with van der Waals surface area (Å²) in [6.45, 7) is 16.1. The van der Waals surface area contributed by atoms with Crippen LogP contribution in [0.3, 0.4) is 0 Å².